The molecule has 1 rings (SSSR count). The largest absolute Gasteiger partial charge is 0.372 e. The molecular formula is C11H26N4Y-2. The van der Waals surface area contributed by atoms with Crippen molar-refractivity contribution in [3.63, 3.8) is 0 Å². The van der Waals surface area contributed by atoms with Crippen LogP contribution in [0.15, 0.2) is 5.10 Å². The van der Waals surface area contributed by atoms with E-state index in [2.05, 4.69) is 28.5 Å². The molecule has 4 nitrogen and oxygen atoms in total. The maximum atomic E-state index is 3.96. The maximum Gasteiger partial charge on any atom is 0 e. The molecule has 5 heteroatoms. The minimum atomic E-state index is 0. The second-order valence-corrected chi connectivity index (χ2v) is 1.99. The normalized spacial score (nSPS) is 7.88. The molecule has 0 aliphatic carbocycles. The summed E-state index contributed by atoms with van der Waals surface area (Å²) < 4.78 is 1.46. The Labute approximate surface area is 127 Å². The van der Waals surface area contributed by atoms with Crippen molar-refractivity contribution >= 4 is 5.71 Å². The molecular weight excluding hydrogens is 277 g/mol. The molecule has 0 aromatic carbocycles. The maximum absolute atomic E-state index is 3.96. The van der Waals surface area contributed by atoms with Crippen molar-refractivity contribution in [3.8, 4) is 0 Å². The van der Waals surface area contributed by atoms with Gasteiger partial charge in [0.2, 0.25) is 0 Å². The Morgan fingerprint density at radius 1 is 1.31 bits per heavy atom. The molecule has 0 fully saturated rings. The molecule has 0 amide bonds. The van der Waals surface area contributed by atoms with E-state index in [0.717, 1.165) is 0 Å². The third-order valence-electron chi connectivity index (χ3n) is 0.911. The summed E-state index contributed by atoms with van der Waals surface area (Å²) in [5, 5.41) is 11.2. The molecule has 0 atom stereocenters. The molecule has 0 bridgehead atoms. The average molecular weight is 303 g/mol. The second kappa shape index (κ2) is 17.2. The van der Waals surface area contributed by atoms with Crippen LogP contribution in [-0.4, -0.2) is 20.6 Å². The van der Waals surface area contributed by atoms with Crippen LogP contribution in [0.3, 0.4) is 0 Å². The predicted octanol–water partition coefficient (Wildman–Crippen LogP) is 3.38. The van der Waals surface area contributed by atoms with Crippen LogP contribution in [0.25, 0.3) is 0 Å². The van der Waals surface area contributed by atoms with Crippen molar-refractivity contribution in [2.24, 2.45) is 5.10 Å². The minimum absolute atomic E-state index is 0. The zero-order valence-corrected chi connectivity index (χ0v) is 11.4. The van der Waals surface area contributed by atoms with Crippen LogP contribution in [0.2, 0.25) is 0 Å². The van der Waals surface area contributed by atoms with Crippen LogP contribution < -0.4 is 0 Å². The van der Waals surface area contributed by atoms with E-state index in [0.29, 0.717) is 11.5 Å². The Morgan fingerprint density at radius 2 is 1.75 bits per heavy atom. The molecule has 1 aromatic heterocycles. The van der Waals surface area contributed by atoms with Crippen LogP contribution in [0.5, 0.6) is 0 Å². The van der Waals surface area contributed by atoms with Crippen LogP contribution in [-0.2, 0) is 32.7 Å². The molecule has 0 spiro atoms. The Hall–Kier alpha value is -0.216. The number of hydrogen-bond acceptors (Lipinski definition) is 3. The summed E-state index contributed by atoms with van der Waals surface area (Å²) in [6, 6.07) is 0. The fourth-order valence-electron chi connectivity index (χ4n) is 0.517. The Bertz CT molecular complexity index is 252. The molecule has 1 aromatic rings. The van der Waals surface area contributed by atoms with Crippen LogP contribution in [0, 0.1) is 20.2 Å². The summed E-state index contributed by atoms with van der Waals surface area (Å²) in [5.41, 5.74) is 0.708. The zero-order chi connectivity index (χ0) is 9.56. The summed E-state index contributed by atoms with van der Waals surface area (Å²) in [6.45, 7) is 11.2. The van der Waals surface area contributed by atoms with Gasteiger partial charge in [-0.3, -0.25) is 10.2 Å². The fourth-order valence-corrected chi connectivity index (χ4v) is 0.517. The summed E-state index contributed by atoms with van der Waals surface area (Å²) in [6.07, 6.45) is 2.56. The first kappa shape index (κ1) is 29.7. The van der Waals surface area contributed by atoms with Gasteiger partial charge in [0.25, 0.3) is 0 Å². The Balaban J connectivity index is -0.0000000637. The van der Waals surface area contributed by atoms with E-state index in [1.54, 1.807) is 13.8 Å². The molecule has 1 heterocycles. The topological polar surface area (TPSA) is 43.1 Å². The van der Waals surface area contributed by atoms with Gasteiger partial charge in [0.1, 0.15) is 0 Å². The van der Waals surface area contributed by atoms with Crippen LogP contribution >= 0.6 is 0 Å². The van der Waals surface area contributed by atoms with E-state index in [1.165, 1.54) is 4.68 Å². The number of nitrogens with zero attached hydrogens (tertiary/aromatic N) is 4. The van der Waals surface area contributed by atoms with Gasteiger partial charge in [-0.15, -0.1) is 5.71 Å². The molecule has 0 unspecified atom stereocenters. The van der Waals surface area contributed by atoms with Crippen molar-refractivity contribution in [2.45, 2.75) is 50.0 Å². The third-order valence-corrected chi connectivity index (χ3v) is 0.911. The van der Waals surface area contributed by atoms with Gasteiger partial charge in [-0.25, -0.2) is 5.10 Å². The third kappa shape index (κ3) is 11.9. The number of aromatic nitrogens is 3. The van der Waals surface area contributed by atoms with E-state index >= 15 is 0 Å². The first-order valence-electron chi connectivity index (χ1n) is 3.87. The summed E-state index contributed by atoms with van der Waals surface area (Å²) in [5.74, 6) is 0.711. The van der Waals surface area contributed by atoms with Crippen molar-refractivity contribution in [3.05, 3.63) is 19.1 Å². The Kier molecular flexibility index (Phi) is 31.9. The predicted molar refractivity (Wildman–Crippen MR) is 69.0 cm³/mol. The first-order valence-corrected chi connectivity index (χ1v) is 3.87. The smallest absolute Gasteiger partial charge is 0 e. The number of aryl methyl sites for hydroxylation is 1. The fraction of sp³-hybridized carbons (Fsp3) is 0.636. The minimum Gasteiger partial charge on any atom is -0.372 e. The van der Waals surface area contributed by atoms with Gasteiger partial charge in [0.05, 0.1) is 0 Å². The van der Waals surface area contributed by atoms with Gasteiger partial charge in [-0.05, 0) is 12.2 Å². The van der Waals surface area contributed by atoms with Crippen LogP contribution in [0.4, 0.5) is 0 Å². The molecule has 0 aliphatic heterocycles. The molecule has 1 radical (unpaired) electrons. The van der Waals surface area contributed by atoms with E-state index in [4.69, 9.17) is 0 Å². The second-order valence-electron chi connectivity index (χ2n) is 1.99. The number of rotatable bonds is 1. The Morgan fingerprint density at radius 3 is 2.00 bits per heavy atom. The summed E-state index contributed by atoms with van der Waals surface area (Å²) in [7, 11) is 0. The van der Waals surface area contributed by atoms with E-state index in [-0.39, 0.29) is 55.0 Å². The van der Waals surface area contributed by atoms with Gasteiger partial charge in [-0.2, -0.15) is 0 Å². The molecule has 16 heavy (non-hydrogen) atoms. The van der Waals surface area contributed by atoms with Gasteiger partial charge < -0.3 is 11.6 Å². The molecule has 0 aliphatic rings. The molecule has 0 N–H and O–H groups in total. The molecule has 95 valence electrons. The van der Waals surface area contributed by atoms with Gasteiger partial charge >= 0.3 is 0 Å². The van der Waals surface area contributed by atoms with Gasteiger partial charge in [0, 0.05) is 32.7 Å². The first-order chi connectivity index (χ1) is 5.70. The zero-order valence-electron chi connectivity index (χ0n) is 8.57. The van der Waals surface area contributed by atoms with E-state index in [9.17, 15) is 0 Å². The average Bonchev–Trinajstić information content (AvgIpc) is 2.40. The van der Waals surface area contributed by atoms with E-state index < -0.39 is 0 Å². The summed E-state index contributed by atoms with van der Waals surface area (Å²) in [4.78, 5) is 0. The SMILES string of the molecule is C.C.C.CC.[CH2-]C(C)=Nn1[c-]nnc1C.[Y]. The van der Waals surface area contributed by atoms with Crippen LogP contribution in [0.1, 0.15) is 48.9 Å². The van der Waals surface area contributed by atoms with Gasteiger partial charge in [0.15, 0.2) is 0 Å². The molecule has 0 saturated heterocycles. The van der Waals surface area contributed by atoms with Gasteiger partial charge in [-0.1, -0.05) is 50.0 Å². The summed E-state index contributed by atoms with van der Waals surface area (Å²) >= 11 is 0. The number of hydrogen-bond donors (Lipinski definition) is 0. The molecule has 0 saturated carbocycles. The van der Waals surface area contributed by atoms with Crippen molar-refractivity contribution in [1.29, 1.82) is 0 Å². The van der Waals surface area contributed by atoms with Crippen molar-refractivity contribution in [1.82, 2.24) is 14.9 Å². The monoisotopic (exact) mass is 303 g/mol. The van der Waals surface area contributed by atoms with E-state index in [1.807, 2.05) is 13.8 Å². The standard InChI is InChI=1S/C6H8N4.C2H6.3CH4.Y/c1-5(2)9-10-4-7-8-6(10)3;1-2;;;;/h1H2,2-3H3;1-2H3;3*1H4;/q-2;;;;;. The quantitative estimate of drug-likeness (QED) is 0.589. The van der Waals surface area contributed by atoms with Crippen molar-refractivity contribution in [2.75, 3.05) is 0 Å². The van der Waals surface area contributed by atoms with Crippen molar-refractivity contribution < 1.29 is 32.7 Å².